The Kier molecular flexibility index (Phi) is 1.97. The van der Waals surface area contributed by atoms with E-state index in [1.807, 2.05) is 36.4 Å². The molecular formula is C17H13NO3. The molecule has 0 saturated carbocycles. The summed E-state index contributed by atoms with van der Waals surface area (Å²) < 4.78 is 11.4. The molecule has 3 atom stereocenters. The van der Waals surface area contributed by atoms with Crippen molar-refractivity contribution in [3.8, 4) is 0 Å². The molecule has 1 saturated heterocycles. The molecule has 3 aliphatic rings. The minimum atomic E-state index is -0.618. The zero-order valence-corrected chi connectivity index (χ0v) is 11.2. The number of carbonyl (C=O) groups is 1. The van der Waals surface area contributed by atoms with Gasteiger partial charge in [0.1, 0.15) is 10.8 Å². The van der Waals surface area contributed by atoms with E-state index in [1.165, 1.54) is 0 Å². The molecule has 21 heavy (non-hydrogen) atoms. The molecular weight excluding hydrogens is 266 g/mol. The van der Waals surface area contributed by atoms with Crippen molar-refractivity contribution in [2.75, 3.05) is 11.9 Å². The number of amides is 1. The fraction of sp³-hybridized carbons (Fsp3) is 0.235. The van der Waals surface area contributed by atoms with Gasteiger partial charge in [-0.3, -0.25) is 4.79 Å². The number of furan rings is 1. The monoisotopic (exact) mass is 279 g/mol. The van der Waals surface area contributed by atoms with Gasteiger partial charge in [0.05, 0.1) is 19.0 Å². The maximum atomic E-state index is 12.7. The Hall–Kier alpha value is -2.33. The van der Waals surface area contributed by atoms with Crippen LogP contribution in [0.4, 0.5) is 5.69 Å². The van der Waals surface area contributed by atoms with Crippen LogP contribution in [0.3, 0.4) is 0 Å². The van der Waals surface area contributed by atoms with Crippen LogP contribution in [-0.4, -0.2) is 18.6 Å². The minimum Gasteiger partial charge on any atom is -0.465 e. The molecule has 1 spiro atoms. The van der Waals surface area contributed by atoms with Crippen LogP contribution in [0.1, 0.15) is 5.56 Å². The number of rotatable bonds is 0. The Labute approximate surface area is 120 Å². The first-order valence-electron chi connectivity index (χ1n) is 7.09. The lowest BCUT2D eigenvalue weighted by Gasteiger charge is -2.27. The van der Waals surface area contributed by atoms with Gasteiger partial charge in [0.15, 0.2) is 0 Å². The average Bonchev–Trinajstić information content (AvgIpc) is 3.16. The van der Waals surface area contributed by atoms with E-state index < -0.39 is 5.41 Å². The summed E-state index contributed by atoms with van der Waals surface area (Å²) in [5.74, 6) is 0.0408. The smallest absolute Gasteiger partial charge is 0.238 e. The molecule has 1 aliphatic carbocycles. The standard InChI is InChI=1S/C17H13NO3/c19-16-17(11-3-1-2-4-13(11)18-16)9-21-15-8-14-10(5-6-20-14)7-12(15)17/h1-8,12,15H,9H2,(H,18,19). The van der Waals surface area contributed by atoms with E-state index in [-0.39, 0.29) is 17.9 Å². The SMILES string of the molecule is O=C1Nc2ccccc2C12COC1C=c3occc3=CC12. The van der Waals surface area contributed by atoms with Crippen LogP contribution in [-0.2, 0) is 14.9 Å². The fourth-order valence-electron chi connectivity index (χ4n) is 3.86. The lowest BCUT2D eigenvalue weighted by Crippen LogP contribution is -2.44. The molecule has 4 nitrogen and oxygen atoms in total. The summed E-state index contributed by atoms with van der Waals surface area (Å²) in [6.45, 7) is 0.405. The molecule has 2 aromatic rings. The molecule has 0 radical (unpaired) electrons. The number of carbonyl (C=O) groups excluding carboxylic acids is 1. The Balaban J connectivity index is 1.77. The lowest BCUT2D eigenvalue weighted by molar-refractivity contribution is -0.121. The topological polar surface area (TPSA) is 51.5 Å². The molecule has 104 valence electrons. The number of hydrogen-bond acceptors (Lipinski definition) is 3. The van der Waals surface area contributed by atoms with Gasteiger partial charge >= 0.3 is 0 Å². The fourth-order valence-corrected chi connectivity index (χ4v) is 3.86. The number of fused-ring (bicyclic) bond motifs is 5. The first-order chi connectivity index (χ1) is 10.3. The van der Waals surface area contributed by atoms with Crippen molar-refractivity contribution < 1.29 is 13.9 Å². The number of ether oxygens (including phenoxy) is 1. The van der Waals surface area contributed by atoms with Crippen LogP contribution in [0.5, 0.6) is 0 Å². The second-order valence-electron chi connectivity index (χ2n) is 5.85. The second kappa shape index (κ2) is 3.65. The van der Waals surface area contributed by atoms with Crippen LogP contribution >= 0.6 is 0 Å². The molecule has 1 aromatic carbocycles. The van der Waals surface area contributed by atoms with Gasteiger partial charge in [-0.15, -0.1) is 0 Å². The van der Waals surface area contributed by atoms with Crippen LogP contribution in [0, 0.1) is 5.92 Å². The van der Waals surface area contributed by atoms with Crippen LogP contribution in [0.25, 0.3) is 12.2 Å². The molecule has 1 fully saturated rings. The summed E-state index contributed by atoms with van der Waals surface area (Å²) in [6, 6.07) is 9.83. The first kappa shape index (κ1) is 11.3. The number of hydrogen-bond donors (Lipinski definition) is 1. The third-order valence-electron chi connectivity index (χ3n) is 4.89. The largest absolute Gasteiger partial charge is 0.465 e. The van der Waals surface area contributed by atoms with Crippen molar-refractivity contribution in [1.82, 2.24) is 0 Å². The van der Waals surface area contributed by atoms with Crippen molar-refractivity contribution in [3.05, 3.63) is 52.8 Å². The van der Waals surface area contributed by atoms with Crippen LogP contribution < -0.4 is 16.0 Å². The maximum absolute atomic E-state index is 12.7. The van der Waals surface area contributed by atoms with E-state index in [9.17, 15) is 4.79 Å². The van der Waals surface area contributed by atoms with Crippen molar-refractivity contribution in [2.24, 2.45) is 5.92 Å². The Morgan fingerprint density at radius 3 is 3.05 bits per heavy atom. The highest BCUT2D eigenvalue weighted by atomic mass is 16.5. The highest BCUT2D eigenvalue weighted by Gasteiger charge is 2.58. The zero-order chi connectivity index (χ0) is 14.0. The van der Waals surface area contributed by atoms with E-state index in [2.05, 4.69) is 11.4 Å². The highest BCUT2D eigenvalue weighted by molar-refractivity contribution is 6.07. The van der Waals surface area contributed by atoms with Gasteiger partial charge in [-0.05, 0) is 23.8 Å². The minimum absolute atomic E-state index is 0.00579. The molecule has 4 heteroatoms. The molecule has 1 amide bonds. The molecule has 1 aromatic heterocycles. The number of para-hydroxylation sites is 1. The van der Waals surface area contributed by atoms with Crippen molar-refractivity contribution >= 4 is 23.7 Å². The number of benzene rings is 1. The zero-order valence-electron chi connectivity index (χ0n) is 11.2. The van der Waals surface area contributed by atoms with Crippen molar-refractivity contribution in [3.63, 3.8) is 0 Å². The number of anilines is 1. The maximum Gasteiger partial charge on any atom is 0.238 e. The van der Waals surface area contributed by atoms with Crippen LogP contribution in [0.15, 0.2) is 41.0 Å². The number of nitrogens with one attached hydrogen (secondary N) is 1. The summed E-state index contributed by atoms with van der Waals surface area (Å²) in [5.41, 5.74) is 2.16. The summed E-state index contributed by atoms with van der Waals surface area (Å²) in [4.78, 5) is 12.7. The van der Waals surface area contributed by atoms with Gasteiger partial charge in [-0.2, -0.15) is 0 Å². The summed E-state index contributed by atoms with van der Waals surface area (Å²) in [5, 5.41) is 4.04. The highest BCUT2D eigenvalue weighted by Crippen LogP contribution is 2.50. The van der Waals surface area contributed by atoms with E-state index >= 15 is 0 Å². The molecule has 0 bridgehead atoms. The summed E-state index contributed by atoms with van der Waals surface area (Å²) >= 11 is 0. The molecule has 3 heterocycles. The predicted octanol–water partition coefficient (Wildman–Crippen LogP) is 0.759. The second-order valence-corrected chi connectivity index (χ2v) is 5.85. The quantitative estimate of drug-likeness (QED) is 0.774. The van der Waals surface area contributed by atoms with Gasteiger partial charge < -0.3 is 14.5 Å². The van der Waals surface area contributed by atoms with Gasteiger partial charge in [0.2, 0.25) is 5.91 Å². The molecule has 2 aliphatic heterocycles. The molecule has 5 rings (SSSR count). The van der Waals surface area contributed by atoms with E-state index in [0.717, 1.165) is 21.9 Å². The summed E-state index contributed by atoms with van der Waals surface area (Å²) in [7, 11) is 0. The van der Waals surface area contributed by atoms with Crippen molar-refractivity contribution in [2.45, 2.75) is 11.5 Å². The van der Waals surface area contributed by atoms with E-state index in [1.54, 1.807) is 6.26 Å². The normalized spacial score (nSPS) is 31.9. The molecule has 1 N–H and O–H groups in total. The molecule has 3 unspecified atom stereocenters. The third kappa shape index (κ3) is 1.26. The Bertz CT molecular complexity index is 881. The van der Waals surface area contributed by atoms with E-state index in [0.29, 0.717) is 6.61 Å². The first-order valence-corrected chi connectivity index (χ1v) is 7.09. The van der Waals surface area contributed by atoms with Gasteiger partial charge in [-0.25, -0.2) is 0 Å². The van der Waals surface area contributed by atoms with E-state index in [4.69, 9.17) is 9.15 Å². The van der Waals surface area contributed by atoms with Gasteiger partial charge in [0.25, 0.3) is 0 Å². The average molecular weight is 279 g/mol. The lowest BCUT2D eigenvalue weighted by atomic mass is 9.70. The van der Waals surface area contributed by atoms with Crippen molar-refractivity contribution in [1.29, 1.82) is 0 Å². The Morgan fingerprint density at radius 1 is 1.19 bits per heavy atom. The third-order valence-corrected chi connectivity index (χ3v) is 4.89. The summed E-state index contributed by atoms with van der Waals surface area (Å²) in [6.07, 6.45) is 5.68. The Morgan fingerprint density at radius 2 is 2.10 bits per heavy atom. The predicted molar refractivity (Wildman–Crippen MR) is 76.9 cm³/mol. The van der Waals surface area contributed by atoms with Gasteiger partial charge in [0, 0.05) is 16.8 Å². The van der Waals surface area contributed by atoms with Crippen LogP contribution in [0.2, 0.25) is 0 Å². The van der Waals surface area contributed by atoms with Gasteiger partial charge in [-0.1, -0.05) is 24.3 Å².